The first kappa shape index (κ1) is 24.3. The molecule has 148 valence electrons. The first-order valence-corrected chi connectivity index (χ1v) is 9.94. The zero-order valence-electron chi connectivity index (χ0n) is 17.7. The average Bonchev–Trinajstić information content (AvgIpc) is 2.60. The van der Waals surface area contributed by atoms with Gasteiger partial charge in [0.05, 0.1) is 0 Å². The molecule has 0 saturated carbocycles. The van der Waals surface area contributed by atoms with Crippen LogP contribution in [0.25, 0.3) is 0 Å². The maximum atomic E-state index is 5.87. The Morgan fingerprint density at radius 1 is 0.560 bits per heavy atom. The molecule has 0 radical (unpaired) electrons. The largest absolute Gasteiger partial charge is 0.349 e. The van der Waals surface area contributed by atoms with Crippen molar-refractivity contribution in [1.29, 1.82) is 0 Å². The Hall–Kier alpha value is -0.680. The second kappa shape index (κ2) is 14.5. The Morgan fingerprint density at radius 3 is 1.20 bits per heavy atom. The highest BCUT2D eigenvalue weighted by atomic mass is 16.7. The summed E-state index contributed by atoms with van der Waals surface area (Å²) in [6.45, 7) is 19.2. The van der Waals surface area contributed by atoms with Crippen molar-refractivity contribution in [2.24, 2.45) is 0 Å². The fraction of sp³-hybridized carbons (Fsp3) is 0.810. The van der Waals surface area contributed by atoms with Gasteiger partial charge in [0.1, 0.15) is 0 Å². The third-order valence-electron chi connectivity index (χ3n) is 4.28. The molecular weight excluding hydrogens is 316 g/mol. The molecule has 0 atom stereocenters. The van der Waals surface area contributed by atoms with Gasteiger partial charge < -0.3 is 18.9 Å². The van der Waals surface area contributed by atoms with Gasteiger partial charge in [0.15, 0.2) is 12.6 Å². The van der Waals surface area contributed by atoms with Gasteiger partial charge in [-0.05, 0) is 76.2 Å². The molecule has 0 aromatic rings. The van der Waals surface area contributed by atoms with Crippen LogP contribution in [-0.2, 0) is 18.9 Å². The van der Waals surface area contributed by atoms with Crippen LogP contribution < -0.4 is 0 Å². The van der Waals surface area contributed by atoms with Crippen molar-refractivity contribution in [2.75, 3.05) is 26.4 Å². The summed E-state index contributed by atoms with van der Waals surface area (Å²) in [6.07, 6.45) is 2.17. The van der Waals surface area contributed by atoms with Gasteiger partial charge in [-0.1, -0.05) is 20.8 Å². The lowest BCUT2D eigenvalue weighted by molar-refractivity contribution is -0.114. The van der Waals surface area contributed by atoms with Gasteiger partial charge in [0.2, 0.25) is 0 Å². The number of hydrogen-bond acceptors (Lipinski definition) is 4. The Kier molecular flexibility index (Phi) is 14.1. The van der Waals surface area contributed by atoms with Gasteiger partial charge in [-0.3, -0.25) is 0 Å². The number of allylic oxidation sites excluding steroid dienone is 2. The quantitative estimate of drug-likeness (QED) is 0.299. The molecule has 0 aliphatic carbocycles. The van der Waals surface area contributed by atoms with E-state index < -0.39 is 0 Å². The lowest BCUT2D eigenvalue weighted by Crippen LogP contribution is -2.24. The van der Waals surface area contributed by atoms with E-state index in [0.29, 0.717) is 26.4 Å². The van der Waals surface area contributed by atoms with E-state index in [0.717, 1.165) is 19.3 Å². The Balaban J connectivity index is 6.08. The van der Waals surface area contributed by atoms with Crippen LogP contribution in [0.15, 0.2) is 22.3 Å². The zero-order chi connectivity index (χ0) is 19.2. The predicted molar refractivity (Wildman–Crippen MR) is 105 cm³/mol. The standard InChI is InChI=1S/C21H40O4/c1-9-17(19(11-3)21(24-14-6)25-15-7)16(8)18(10-2)20(22-12-4)23-13-5/h20-21H,9-15H2,1-8H3. The van der Waals surface area contributed by atoms with Crippen LogP contribution in [0.1, 0.15) is 74.7 Å². The average molecular weight is 357 g/mol. The van der Waals surface area contributed by atoms with Gasteiger partial charge in [-0.25, -0.2) is 0 Å². The maximum absolute atomic E-state index is 5.87. The molecule has 0 amide bonds. The minimum atomic E-state index is -0.280. The minimum Gasteiger partial charge on any atom is -0.349 e. The zero-order valence-corrected chi connectivity index (χ0v) is 17.7. The molecule has 0 bridgehead atoms. The van der Waals surface area contributed by atoms with E-state index in [2.05, 4.69) is 27.7 Å². The fourth-order valence-electron chi connectivity index (χ4n) is 3.16. The Bertz CT molecular complexity index is 400. The molecule has 0 rings (SSSR count). The number of ether oxygens (including phenoxy) is 4. The SMILES string of the molecule is CCOC(OCC)C(CC)=C(C)C(CC)=C(CC)C(OCC)OCC. The van der Waals surface area contributed by atoms with Crippen molar-refractivity contribution in [1.82, 2.24) is 0 Å². The fourth-order valence-corrected chi connectivity index (χ4v) is 3.16. The highest BCUT2D eigenvalue weighted by molar-refractivity contribution is 5.39. The first-order chi connectivity index (χ1) is 12.1. The lowest BCUT2D eigenvalue weighted by atomic mass is 9.91. The van der Waals surface area contributed by atoms with Gasteiger partial charge in [-0.2, -0.15) is 0 Å². The highest BCUT2D eigenvalue weighted by Gasteiger charge is 2.22. The monoisotopic (exact) mass is 356 g/mol. The summed E-state index contributed by atoms with van der Waals surface area (Å²) in [5, 5.41) is 0. The maximum Gasteiger partial charge on any atom is 0.180 e. The van der Waals surface area contributed by atoms with E-state index in [-0.39, 0.29) is 12.6 Å². The highest BCUT2D eigenvalue weighted by Crippen LogP contribution is 2.30. The van der Waals surface area contributed by atoms with E-state index in [1.54, 1.807) is 0 Å². The van der Waals surface area contributed by atoms with Crippen LogP contribution in [-0.4, -0.2) is 39.0 Å². The van der Waals surface area contributed by atoms with Crippen molar-refractivity contribution in [2.45, 2.75) is 87.2 Å². The predicted octanol–water partition coefficient (Wildman–Crippen LogP) is 5.63. The van der Waals surface area contributed by atoms with E-state index >= 15 is 0 Å². The van der Waals surface area contributed by atoms with Crippen LogP contribution in [0.3, 0.4) is 0 Å². The molecule has 0 aliphatic heterocycles. The van der Waals surface area contributed by atoms with Gasteiger partial charge in [-0.15, -0.1) is 0 Å². The van der Waals surface area contributed by atoms with E-state index in [1.165, 1.54) is 22.3 Å². The molecule has 4 nitrogen and oxygen atoms in total. The first-order valence-electron chi connectivity index (χ1n) is 9.94. The molecule has 0 heterocycles. The molecule has 0 aromatic carbocycles. The van der Waals surface area contributed by atoms with Crippen molar-refractivity contribution >= 4 is 0 Å². The van der Waals surface area contributed by atoms with Crippen LogP contribution in [0, 0.1) is 0 Å². The lowest BCUT2D eigenvalue weighted by Gasteiger charge is -2.27. The summed E-state index contributed by atoms with van der Waals surface area (Å²) < 4.78 is 23.5. The van der Waals surface area contributed by atoms with Crippen LogP contribution in [0.2, 0.25) is 0 Å². The van der Waals surface area contributed by atoms with Gasteiger partial charge >= 0.3 is 0 Å². The van der Waals surface area contributed by atoms with Gasteiger partial charge in [0, 0.05) is 26.4 Å². The molecule has 0 N–H and O–H groups in total. The Morgan fingerprint density at radius 2 is 0.920 bits per heavy atom. The molecule has 25 heavy (non-hydrogen) atoms. The molecule has 0 unspecified atom stereocenters. The van der Waals surface area contributed by atoms with Crippen molar-refractivity contribution in [3.8, 4) is 0 Å². The number of rotatable bonds is 14. The van der Waals surface area contributed by atoms with E-state index in [4.69, 9.17) is 18.9 Å². The third-order valence-corrected chi connectivity index (χ3v) is 4.28. The second-order valence-corrected chi connectivity index (χ2v) is 5.70. The van der Waals surface area contributed by atoms with Crippen molar-refractivity contribution in [3.05, 3.63) is 22.3 Å². The summed E-state index contributed by atoms with van der Waals surface area (Å²) in [4.78, 5) is 0. The van der Waals surface area contributed by atoms with E-state index in [9.17, 15) is 0 Å². The van der Waals surface area contributed by atoms with Crippen molar-refractivity contribution < 1.29 is 18.9 Å². The topological polar surface area (TPSA) is 36.9 Å². The molecule has 0 aliphatic rings. The van der Waals surface area contributed by atoms with Crippen molar-refractivity contribution in [3.63, 3.8) is 0 Å². The van der Waals surface area contributed by atoms with Gasteiger partial charge in [0.25, 0.3) is 0 Å². The minimum absolute atomic E-state index is 0.277. The summed E-state index contributed by atoms with van der Waals surface area (Å²) >= 11 is 0. The summed E-state index contributed by atoms with van der Waals surface area (Å²) in [5.74, 6) is 0. The third kappa shape index (κ3) is 7.61. The molecule has 0 fully saturated rings. The van der Waals surface area contributed by atoms with Crippen LogP contribution in [0.4, 0.5) is 0 Å². The summed E-state index contributed by atoms with van der Waals surface area (Å²) in [6, 6.07) is 0. The number of hydrogen-bond donors (Lipinski definition) is 0. The summed E-state index contributed by atoms with van der Waals surface area (Å²) in [7, 11) is 0. The second-order valence-electron chi connectivity index (χ2n) is 5.70. The molecule has 0 saturated heterocycles. The molecule has 0 aromatic heterocycles. The Labute approximate surface area is 155 Å². The van der Waals surface area contributed by atoms with Crippen LogP contribution >= 0.6 is 0 Å². The van der Waals surface area contributed by atoms with Crippen LogP contribution in [0.5, 0.6) is 0 Å². The molecular formula is C21H40O4. The molecule has 0 spiro atoms. The molecule has 4 heteroatoms. The van der Waals surface area contributed by atoms with E-state index in [1.807, 2.05) is 27.7 Å². The normalized spacial score (nSPS) is 14.2. The smallest absolute Gasteiger partial charge is 0.180 e. The summed E-state index contributed by atoms with van der Waals surface area (Å²) in [5.41, 5.74) is 4.98.